The molecule has 3 aromatic carbocycles. The SMILES string of the molecule is O=C1CCCc2cc(C(=O)N[C@@H](Cc3ccccc3)C(=O)N3CCC4(C3)OC(=O)Nc3ccc(Cl)cc34)ccc2N1. The maximum absolute atomic E-state index is 14.0. The minimum absolute atomic E-state index is 0.0396. The van der Waals surface area contributed by atoms with Gasteiger partial charge in [-0.25, -0.2) is 4.79 Å². The van der Waals surface area contributed by atoms with E-state index in [1.54, 1.807) is 41.3 Å². The highest BCUT2D eigenvalue weighted by molar-refractivity contribution is 6.30. The largest absolute Gasteiger partial charge is 0.436 e. The maximum atomic E-state index is 14.0. The van der Waals surface area contributed by atoms with Gasteiger partial charge in [0.05, 0.1) is 12.2 Å². The first kappa shape index (κ1) is 26.8. The highest BCUT2D eigenvalue weighted by atomic mass is 35.5. The van der Waals surface area contributed by atoms with Crippen LogP contribution >= 0.6 is 11.6 Å². The Bertz CT molecular complexity index is 1540. The summed E-state index contributed by atoms with van der Waals surface area (Å²) >= 11 is 6.27. The smallest absolute Gasteiger partial charge is 0.412 e. The van der Waals surface area contributed by atoms with Crippen LogP contribution < -0.4 is 16.0 Å². The van der Waals surface area contributed by atoms with Gasteiger partial charge in [-0.2, -0.15) is 0 Å². The molecule has 3 aliphatic heterocycles. The fraction of sp³-hybridized carbons (Fsp3) is 0.290. The molecule has 1 spiro atoms. The van der Waals surface area contributed by atoms with Gasteiger partial charge in [0.15, 0.2) is 5.60 Å². The second-order valence-electron chi connectivity index (χ2n) is 10.7. The third-order valence-electron chi connectivity index (χ3n) is 7.92. The van der Waals surface area contributed by atoms with E-state index in [1.165, 1.54) is 0 Å². The van der Waals surface area contributed by atoms with Crippen LogP contribution in [0.5, 0.6) is 0 Å². The number of nitrogens with one attached hydrogen (secondary N) is 3. The number of hydrogen-bond acceptors (Lipinski definition) is 5. The number of aryl methyl sites for hydroxylation is 1. The van der Waals surface area contributed by atoms with Crippen LogP contribution in [0.3, 0.4) is 0 Å². The van der Waals surface area contributed by atoms with Crippen LogP contribution in [0.25, 0.3) is 0 Å². The molecule has 210 valence electrons. The Morgan fingerprint density at radius 2 is 1.80 bits per heavy atom. The lowest BCUT2D eigenvalue weighted by atomic mass is 9.90. The van der Waals surface area contributed by atoms with Gasteiger partial charge in [0, 0.05) is 47.6 Å². The number of amides is 4. The molecule has 3 aliphatic rings. The number of carbonyl (C=O) groups is 4. The second-order valence-corrected chi connectivity index (χ2v) is 11.1. The van der Waals surface area contributed by atoms with Gasteiger partial charge in [-0.1, -0.05) is 41.9 Å². The van der Waals surface area contributed by atoms with E-state index in [1.807, 2.05) is 30.3 Å². The molecule has 1 unspecified atom stereocenters. The lowest BCUT2D eigenvalue weighted by Crippen LogP contribution is -2.50. The summed E-state index contributed by atoms with van der Waals surface area (Å²) in [6, 6.07) is 19.0. The first-order valence-corrected chi connectivity index (χ1v) is 14.0. The zero-order chi connectivity index (χ0) is 28.6. The molecule has 0 aliphatic carbocycles. The number of benzene rings is 3. The highest BCUT2D eigenvalue weighted by Gasteiger charge is 2.49. The lowest BCUT2D eigenvalue weighted by Gasteiger charge is -2.35. The third kappa shape index (κ3) is 5.50. The van der Waals surface area contributed by atoms with Crippen molar-refractivity contribution in [3.8, 4) is 0 Å². The van der Waals surface area contributed by atoms with Crippen molar-refractivity contribution in [1.82, 2.24) is 10.2 Å². The molecular weight excluding hydrogens is 544 g/mol. The van der Waals surface area contributed by atoms with Gasteiger partial charge in [0.1, 0.15) is 6.04 Å². The Labute approximate surface area is 242 Å². The Morgan fingerprint density at radius 1 is 1.00 bits per heavy atom. The molecule has 0 saturated carbocycles. The van der Waals surface area contributed by atoms with Gasteiger partial charge in [-0.05, 0) is 60.4 Å². The lowest BCUT2D eigenvalue weighted by molar-refractivity contribution is -0.133. The minimum Gasteiger partial charge on any atom is -0.436 e. The topological polar surface area (TPSA) is 117 Å². The Kier molecular flexibility index (Phi) is 7.13. The van der Waals surface area contributed by atoms with Crippen LogP contribution in [0.15, 0.2) is 66.7 Å². The number of halogens is 1. The number of ether oxygens (including phenoxy) is 1. The minimum atomic E-state index is -1.03. The van der Waals surface area contributed by atoms with Crippen LogP contribution in [-0.2, 0) is 32.8 Å². The van der Waals surface area contributed by atoms with E-state index in [9.17, 15) is 19.2 Å². The van der Waals surface area contributed by atoms with E-state index in [2.05, 4.69) is 16.0 Å². The Balaban J connectivity index is 1.25. The van der Waals surface area contributed by atoms with E-state index in [-0.39, 0.29) is 24.3 Å². The van der Waals surface area contributed by atoms with Crippen molar-refractivity contribution >= 4 is 46.8 Å². The molecule has 6 rings (SSSR count). The zero-order valence-electron chi connectivity index (χ0n) is 22.2. The molecule has 0 aromatic heterocycles. The first-order chi connectivity index (χ1) is 19.8. The van der Waals surface area contributed by atoms with Crippen LogP contribution in [0.4, 0.5) is 16.2 Å². The molecule has 10 heteroatoms. The van der Waals surface area contributed by atoms with Crippen LogP contribution in [0.1, 0.15) is 46.3 Å². The summed E-state index contributed by atoms with van der Waals surface area (Å²) in [6.45, 7) is 0.490. The monoisotopic (exact) mass is 572 g/mol. The van der Waals surface area contributed by atoms with Crippen molar-refractivity contribution in [2.75, 3.05) is 23.7 Å². The summed E-state index contributed by atoms with van der Waals surface area (Å²) in [6.07, 6.45) is 1.92. The number of likely N-dealkylation sites (tertiary alicyclic amines) is 1. The van der Waals surface area contributed by atoms with E-state index >= 15 is 0 Å². The predicted molar refractivity (Wildman–Crippen MR) is 154 cm³/mol. The molecule has 3 aromatic rings. The molecule has 1 saturated heterocycles. The molecule has 4 amide bonds. The zero-order valence-corrected chi connectivity index (χ0v) is 23.0. The summed E-state index contributed by atoms with van der Waals surface area (Å²) in [5.74, 6) is -0.682. The number of carbonyl (C=O) groups excluding carboxylic acids is 4. The fourth-order valence-electron chi connectivity index (χ4n) is 5.87. The predicted octanol–water partition coefficient (Wildman–Crippen LogP) is 4.65. The van der Waals surface area contributed by atoms with E-state index in [0.29, 0.717) is 60.6 Å². The average molecular weight is 573 g/mol. The molecular formula is C31H29ClN4O5. The summed E-state index contributed by atoms with van der Waals surface area (Å²) in [5, 5.41) is 9.05. The summed E-state index contributed by atoms with van der Waals surface area (Å²) in [4.78, 5) is 53.5. The number of anilines is 2. The van der Waals surface area contributed by atoms with Crippen molar-refractivity contribution in [3.63, 3.8) is 0 Å². The molecule has 0 bridgehead atoms. The summed E-state index contributed by atoms with van der Waals surface area (Å²) < 4.78 is 5.80. The molecule has 3 N–H and O–H groups in total. The molecule has 9 nitrogen and oxygen atoms in total. The van der Waals surface area contributed by atoms with Gasteiger partial charge in [0.2, 0.25) is 11.8 Å². The van der Waals surface area contributed by atoms with Gasteiger partial charge in [-0.3, -0.25) is 19.7 Å². The number of hydrogen-bond donors (Lipinski definition) is 3. The fourth-order valence-corrected chi connectivity index (χ4v) is 6.04. The van der Waals surface area contributed by atoms with Crippen molar-refractivity contribution in [1.29, 1.82) is 0 Å². The molecule has 2 atom stereocenters. The van der Waals surface area contributed by atoms with Crippen LogP contribution in [0, 0.1) is 0 Å². The quantitative estimate of drug-likeness (QED) is 0.412. The van der Waals surface area contributed by atoms with E-state index in [0.717, 1.165) is 16.7 Å². The van der Waals surface area contributed by atoms with E-state index < -0.39 is 17.7 Å². The Morgan fingerprint density at radius 3 is 2.63 bits per heavy atom. The van der Waals surface area contributed by atoms with Crippen molar-refractivity contribution in [3.05, 3.63) is 94.0 Å². The van der Waals surface area contributed by atoms with Crippen molar-refractivity contribution < 1.29 is 23.9 Å². The second kappa shape index (κ2) is 10.9. The number of rotatable bonds is 5. The van der Waals surface area contributed by atoms with Gasteiger partial charge >= 0.3 is 6.09 Å². The van der Waals surface area contributed by atoms with Gasteiger partial charge in [0.25, 0.3) is 5.91 Å². The summed E-state index contributed by atoms with van der Waals surface area (Å²) in [7, 11) is 0. The normalized spacial score (nSPS) is 20.2. The highest BCUT2D eigenvalue weighted by Crippen LogP contribution is 2.44. The van der Waals surface area contributed by atoms with Crippen LogP contribution in [0.2, 0.25) is 5.02 Å². The molecule has 1 fully saturated rings. The molecule has 0 radical (unpaired) electrons. The van der Waals surface area contributed by atoms with Crippen LogP contribution in [-0.4, -0.2) is 47.8 Å². The molecule has 41 heavy (non-hydrogen) atoms. The third-order valence-corrected chi connectivity index (χ3v) is 8.15. The first-order valence-electron chi connectivity index (χ1n) is 13.7. The maximum Gasteiger partial charge on any atom is 0.412 e. The van der Waals surface area contributed by atoms with E-state index in [4.69, 9.17) is 16.3 Å². The van der Waals surface area contributed by atoms with Crippen molar-refractivity contribution in [2.45, 2.75) is 43.7 Å². The van der Waals surface area contributed by atoms with Crippen molar-refractivity contribution in [2.24, 2.45) is 0 Å². The summed E-state index contributed by atoms with van der Waals surface area (Å²) in [5.41, 5.74) is 3.21. The Hall–Kier alpha value is -4.37. The molecule has 3 heterocycles. The average Bonchev–Trinajstić information content (AvgIpc) is 3.28. The number of nitrogens with zero attached hydrogens (tertiary/aromatic N) is 1. The standard InChI is InChI=1S/C31H29ClN4O5/c32-22-10-12-25-23(17-22)31(41-30(40)35-25)13-14-36(18-31)29(39)26(15-19-5-2-1-3-6-19)34-28(38)21-9-11-24-20(16-21)7-4-8-27(37)33-24/h1-3,5-6,9-12,16-17,26H,4,7-8,13-15,18H2,(H,33,37)(H,34,38)(H,35,40)/t26-,31?/m0/s1. The number of fused-ring (bicyclic) bond motifs is 3. The van der Waals surface area contributed by atoms with Gasteiger partial charge < -0.3 is 20.3 Å². The van der Waals surface area contributed by atoms with Gasteiger partial charge in [-0.15, -0.1) is 0 Å².